The van der Waals surface area contributed by atoms with Crippen molar-refractivity contribution in [3.63, 3.8) is 0 Å². The molecular formula is C16H14FN3O. The fourth-order valence-corrected chi connectivity index (χ4v) is 2.26. The highest BCUT2D eigenvalue weighted by Gasteiger charge is 2.14. The van der Waals surface area contributed by atoms with Crippen LogP contribution in [0.25, 0.3) is 10.9 Å². The standard InChI is InChI=1S/C16H14FN3O/c17-12-7-4-8-13-15(12)16(19-10-18-13)20-14(9-21)11-5-2-1-3-6-11/h1-8,10,14,21H,9H2,(H,18,19,20)/t14-/m1/s1. The van der Waals surface area contributed by atoms with E-state index in [-0.39, 0.29) is 18.5 Å². The molecule has 0 aliphatic heterocycles. The van der Waals surface area contributed by atoms with Crippen molar-refractivity contribution < 1.29 is 9.50 Å². The number of nitrogens with zero attached hydrogens (tertiary/aromatic N) is 2. The summed E-state index contributed by atoms with van der Waals surface area (Å²) in [5.41, 5.74) is 1.43. The van der Waals surface area contributed by atoms with E-state index in [2.05, 4.69) is 15.3 Å². The monoisotopic (exact) mass is 283 g/mol. The Morgan fingerprint density at radius 3 is 2.62 bits per heavy atom. The molecule has 1 heterocycles. The van der Waals surface area contributed by atoms with Crippen LogP contribution in [0.2, 0.25) is 0 Å². The summed E-state index contributed by atoms with van der Waals surface area (Å²) in [5.74, 6) is -0.0126. The van der Waals surface area contributed by atoms with Gasteiger partial charge in [-0.25, -0.2) is 14.4 Å². The lowest BCUT2D eigenvalue weighted by Gasteiger charge is -2.18. The average Bonchev–Trinajstić information content (AvgIpc) is 2.53. The summed E-state index contributed by atoms with van der Waals surface area (Å²) >= 11 is 0. The van der Waals surface area contributed by atoms with Crippen LogP contribution in [0.15, 0.2) is 54.9 Å². The Labute approximate surface area is 121 Å². The Bertz CT molecular complexity index is 744. The maximum absolute atomic E-state index is 14.0. The highest BCUT2D eigenvalue weighted by molar-refractivity contribution is 5.89. The second kappa shape index (κ2) is 5.85. The number of hydrogen-bond donors (Lipinski definition) is 2. The maximum atomic E-state index is 14.0. The molecule has 0 saturated heterocycles. The van der Waals surface area contributed by atoms with Crippen LogP contribution in [0.5, 0.6) is 0 Å². The van der Waals surface area contributed by atoms with Gasteiger partial charge in [0.1, 0.15) is 18.0 Å². The summed E-state index contributed by atoms with van der Waals surface area (Å²) in [5, 5.41) is 13.0. The number of hydrogen-bond acceptors (Lipinski definition) is 4. The van der Waals surface area contributed by atoms with Crippen LogP contribution in [0, 0.1) is 5.82 Å². The van der Waals surface area contributed by atoms with Crippen LogP contribution in [-0.4, -0.2) is 21.7 Å². The molecule has 1 aromatic heterocycles. The summed E-state index contributed by atoms with van der Waals surface area (Å²) < 4.78 is 14.0. The van der Waals surface area contributed by atoms with E-state index in [1.54, 1.807) is 12.1 Å². The Kier molecular flexibility index (Phi) is 3.75. The van der Waals surface area contributed by atoms with Crippen LogP contribution in [-0.2, 0) is 0 Å². The van der Waals surface area contributed by atoms with Gasteiger partial charge in [-0.15, -0.1) is 0 Å². The van der Waals surface area contributed by atoms with Crippen molar-refractivity contribution in [2.45, 2.75) is 6.04 Å². The molecular weight excluding hydrogens is 269 g/mol. The molecule has 0 spiro atoms. The predicted octanol–water partition coefficient (Wildman–Crippen LogP) is 2.91. The van der Waals surface area contributed by atoms with E-state index in [9.17, 15) is 9.50 Å². The zero-order valence-corrected chi connectivity index (χ0v) is 11.2. The molecule has 0 aliphatic rings. The van der Waals surface area contributed by atoms with E-state index < -0.39 is 0 Å². The van der Waals surface area contributed by atoms with E-state index in [4.69, 9.17) is 0 Å². The minimum atomic E-state index is -0.389. The third kappa shape index (κ3) is 2.68. The molecule has 3 rings (SSSR count). The first-order valence-corrected chi connectivity index (χ1v) is 6.61. The van der Waals surface area contributed by atoms with E-state index >= 15 is 0 Å². The second-order valence-electron chi connectivity index (χ2n) is 4.65. The van der Waals surface area contributed by atoms with Gasteiger partial charge in [-0.3, -0.25) is 0 Å². The minimum absolute atomic E-state index is 0.121. The Hall–Kier alpha value is -2.53. The van der Waals surface area contributed by atoms with Gasteiger partial charge < -0.3 is 10.4 Å². The van der Waals surface area contributed by atoms with Gasteiger partial charge >= 0.3 is 0 Å². The van der Waals surface area contributed by atoms with Crippen molar-refractivity contribution >= 4 is 16.7 Å². The number of nitrogens with one attached hydrogen (secondary N) is 1. The molecule has 0 fully saturated rings. The third-order valence-corrected chi connectivity index (χ3v) is 3.31. The summed E-state index contributed by atoms with van der Waals surface area (Å²) in [4.78, 5) is 8.16. The number of halogens is 1. The zero-order chi connectivity index (χ0) is 14.7. The number of aromatic nitrogens is 2. The fourth-order valence-electron chi connectivity index (χ4n) is 2.26. The normalized spacial score (nSPS) is 12.3. The molecule has 0 saturated carbocycles. The van der Waals surface area contributed by atoms with E-state index in [1.165, 1.54) is 12.4 Å². The van der Waals surface area contributed by atoms with Crippen molar-refractivity contribution in [1.82, 2.24) is 9.97 Å². The molecule has 0 bridgehead atoms. The molecule has 0 unspecified atom stereocenters. The van der Waals surface area contributed by atoms with Gasteiger partial charge in [0.2, 0.25) is 0 Å². The molecule has 106 valence electrons. The first-order valence-electron chi connectivity index (χ1n) is 6.61. The first-order chi connectivity index (χ1) is 10.3. The van der Waals surface area contributed by atoms with Crippen LogP contribution in [0.4, 0.5) is 10.2 Å². The van der Waals surface area contributed by atoms with Gasteiger partial charge in [-0.05, 0) is 17.7 Å². The number of aliphatic hydroxyl groups is 1. The van der Waals surface area contributed by atoms with Crippen molar-refractivity contribution in [2.75, 3.05) is 11.9 Å². The molecule has 2 N–H and O–H groups in total. The van der Waals surface area contributed by atoms with Crippen LogP contribution in [0.3, 0.4) is 0 Å². The molecule has 4 nitrogen and oxygen atoms in total. The lowest BCUT2D eigenvalue weighted by Crippen LogP contribution is -2.16. The molecule has 3 aromatic rings. The lowest BCUT2D eigenvalue weighted by atomic mass is 10.1. The van der Waals surface area contributed by atoms with Gasteiger partial charge in [0.15, 0.2) is 0 Å². The van der Waals surface area contributed by atoms with Crippen LogP contribution in [0.1, 0.15) is 11.6 Å². The van der Waals surface area contributed by atoms with Gasteiger partial charge in [0, 0.05) is 0 Å². The number of rotatable bonds is 4. The Morgan fingerprint density at radius 2 is 1.86 bits per heavy atom. The Morgan fingerprint density at radius 1 is 1.05 bits per heavy atom. The third-order valence-electron chi connectivity index (χ3n) is 3.31. The maximum Gasteiger partial charge on any atom is 0.140 e. The molecule has 0 amide bonds. The van der Waals surface area contributed by atoms with Crippen molar-refractivity contribution in [3.8, 4) is 0 Å². The molecule has 21 heavy (non-hydrogen) atoms. The minimum Gasteiger partial charge on any atom is -0.394 e. The number of fused-ring (bicyclic) bond motifs is 1. The van der Waals surface area contributed by atoms with Gasteiger partial charge in [-0.1, -0.05) is 36.4 Å². The summed E-state index contributed by atoms with van der Waals surface area (Å²) in [6.45, 7) is -0.121. The summed E-state index contributed by atoms with van der Waals surface area (Å²) in [7, 11) is 0. The number of anilines is 1. The Balaban J connectivity index is 2.01. The SMILES string of the molecule is OC[C@@H](Nc1ncnc2cccc(F)c12)c1ccccc1. The molecule has 1 atom stereocenters. The molecule has 0 radical (unpaired) electrons. The summed E-state index contributed by atoms with van der Waals surface area (Å²) in [6.07, 6.45) is 1.38. The first kappa shape index (κ1) is 13.5. The smallest absolute Gasteiger partial charge is 0.140 e. The van der Waals surface area contributed by atoms with Crippen molar-refractivity contribution in [3.05, 3.63) is 66.2 Å². The number of aliphatic hydroxyl groups excluding tert-OH is 1. The molecule has 5 heteroatoms. The zero-order valence-electron chi connectivity index (χ0n) is 11.2. The van der Waals surface area contributed by atoms with Crippen molar-refractivity contribution in [2.24, 2.45) is 0 Å². The molecule has 0 aliphatic carbocycles. The number of benzene rings is 2. The largest absolute Gasteiger partial charge is 0.394 e. The highest BCUT2D eigenvalue weighted by Crippen LogP contribution is 2.26. The predicted molar refractivity (Wildman–Crippen MR) is 79.4 cm³/mol. The second-order valence-corrected chi connectivity index (χ2v) is 4.65. The van der Waals surface area contributed by atoms with E-state index in [1.807, 2.05) is 30.3 Å². The highest BCUT2D eigenvalue weighted by atomic mass is 19.1. The average molecular weight is 283 g/mol. The van der Waals surface area contributed by atoms with E-state index in [0.717, 1.165) is 5.56 Å². The van der Waals surface area contributed by atoms with Gasteiger partial charge in [-0.2, -0.15) is 0 Å². The fraction of sp³-hybridized carbons (Fsp3) is 0.125. The van der Waals surface area contributed by atoms with Crippen LogP contribution >= 0.6 is 0 Å². The molecule has 2 aromatic carbocycles. The quantitative estimate of drug-likeness (QED) is 0.773. The van der Waals surface area contributed by atoms with E-state index in [0.29, 0.717) is 16.7 Å². The van der Waals surface area contributed by atoms with Crippen LogP contribution < -0.4 is 5.32 Å². The topological polar surface area (TPSA) is 58.0 Å². The van der Waals surface area contributed by atoms with Crippen molar-refractivity contribution in [1.29, 1.82) is 0 Å². The summed E-state index contributed by atoms with van der Waals surface area (Å²) in [6, 6.07) is 13.8. The van der Waals surface area contributed by atoms with Gasteiger partial charge in [0.25, 0.3) is 0 Å². The van der Waals surface area contributed by atoms with Gasteiger partial charge in [0.05, 0.1) is 23.6 Å². The lowest BCUT2D eigenvalue weighted by molar-refractivity contribution is 0.276.